The van der Waals surface area contributed by atoms with Crippen molar-refractivity contribution >= 4 is 27.5 Å². The van der Waals surface area contributed by atoms with Crippen molar-refractivity contribution < 1.29 is 4.79 Å². The van der Waals surface area contributed by atoms with Gasteiger partial charge in [0.05, 0.1) is 0 Å². The van der Waals surface area contributed by atoms with Crippen LogP contribution in [0.3, 0.4) is 0 Å². The van der Waals surface area contributed by atoms with Crippen molar-refractivity contribution in [2.75, 3.05) is 18.4 Å². The van der Waals surface area contributed by atoms with Gasteiger partial charge in [0, 0.05) is 27.8 Å². The normalized spacial score (nSPS) is 26.7. The average Bonchev–Trinajstić information content (AvgIpc) is 3.27. The summed E-state index contributed by atoms with van der Waals surface area (Å²) in [6.07, 6.45) is 5.05. The van der Waals surface area contributed by atoms with Crippen molar-refractivity contribution in [1.29, 1.82) is 0 Å². The lowest BCUT2D eigenvalue weighted by molar-refractivity contribution is -0.118. The monoisotopic (exact) mass is 349 g/mol. The molecule has 0 spiro atoms. The molecular formula is C16H20BrN3O. The summed E-state index contributed by atoms with van der Waals surface area (Å²) in [6, 6.07) is 7.14. The minimum absolute atomic E-state index is 0.0766. The van der Waals surface area contributed by atoms with Crippen LogP contribution >= 0.6 is 15.9 Å². The molecule has 0 bridgehead atoms. The largest absolute Gasteiger partial charge is 0.324 e. The predicted molar refractivity (Wildman–Crippen MR) is 86.3 cm³/mol. The number of nitrogens with one attached hydrogen (secondary N) is 2. The van der Waals surface area contributed by atoms with Gasteiger partial charge < -0.3 is 10.2 Å². The van der Waals surface area contributed by atoms with E-state index in [1.54, 1.807) is 0 Å². The minimum atomic E-state index is -0.189. The number of benzene rings is 1. The van der Waals surface area contributed by atoms with E-state index in [2.05, 4.69) is 31.5 Å². The third kappa shape index (κ3) is 2.74. The maximum Gasteiger partial charge on any atom is 0.246 e. The molecule has 1 saturated carbocycles. The number of anilines is 1. The maximum atomic E-state index is 12.2. The summed E-state index contributed by atoms with van der Waals surface area (Å²) in [6.45, 7) is 2.34. The van der Waals surface area contributed by atoms with Crippen LogP contribution in [-0.4, -0.2) is 36.0 Å². The van der Waals surface area contributed by atoms with Crippen molar-refractivity contribution in [2.24, 2.45) is 0 Å². The molecule has 5 heteroatoms. The molecule has 1 saturated heterocycles. The van der Waals surface area contributed by atoms with Gasteiger partial charge in [0.25, 0.3) is 0 Å². The first-order valence-electron chi connectivity index (χ1n) is 7.81. The zero-order valence-electron chi connectivity index (χ0n) is 11.9. The summed E-state index contributed by atoms with van der Waals surface area (Å²) < 4.78 is 1.000. The number of hydrogen-bond acceptors (Lipinski definition) is 3. The minimum Gasteiger partial charge on any atom is -0.324 e. The highest BCUT2D eigenvalue weighted by molar-refractivity contribution is 9.10. The fourth-order valence-corrected chi connectivity index (χ4v) is 3.87. The Hall–Kier alpha value is -0.910. The quantitative estimate of drug-likeness (QED) is 0.881. The Kier molecular flexibility index (Phi) is 3.52. The van der Waals surface area contributed by atoms with E-state index in [-0.39, 0.29) is 11.9 Å². The summed E-state index contributed by atoms with van der Waals surface area (Å²) in [7, 11) is 0. The van der Waals surface area contributed by atoms with Crippen LogP contribution < -0.4 is 10.6 Å². The van der Waals surface area contributed by atoms with Gasteiger partial charge in [-0.2, -0.15) is 0 Å². The lowest BCUT2D eigenvalue weighted by Gasteiger charge is -2.33. The van der Waals surface area contributed by atoms with E-state index in [0.29, 0.717) is 6.04 Å². The molecule has 1 aliphatic carbocycles. The van der Waals surface area contributed by atoms with Crippen molar-refractivity contribution in [1.82, 2.24) is 10.2 Å². The molecule has 0 aromatic heterocycles. The van der Waals surface area contributed by atoms with E-state index in [1.807, 2.05) is 18.2 Å². The van der Waals surface area contributed by atoms with Gasteiger partial charge in [-0.3, -0.25) is 10.1 Å². The van der Waals surface area contributed by atoms with Gasteiger partial charge in [-0.1, -0.05) is 22.0 Å². The number of carbonyl (C=O) groups excluding carboxylic acids is 1. The summed E-state index contributed by atoms with van der Waals surface area (Å²) in [5.74, 6) is 0.0766. The third-order valence-corrected chi connectivity index (χ3v) is 5.33. The second-order valence-corrected chi connectivity index (χ2v) is 7.28. The Balaban J connectivity index is 1.42. The number of likely N-dealkylation sites (tertiary alicyclic amines) is 1. The summed E-state index contributed by atoms with van der Waals surface area (Å²) >= 11 is 3.45. The molecule has 2 fully saturated rings. The van der Waals surface area contributed by atoms with Crippen LogP contribution in [0, 0.1) is 0 Å². The molecule has 4 nitrogen and oxygen atoms in total. The number of rotatable bonds is 3. The Morgan fingerprint density at radius 1 is 1.19 bits per heavy atom. The van der Waals surface area contributed by atoms with Gasteiger partial charge >= 0.3 is 0 Å². The number of amides is 1. The molecule has 1 amide bonds. The molecule has 1 unspecified atom stereocenters. The highest BCUT2D eigenvalue weighted by Crippen LogP contribution is 2.34. The topological polar surface area (TPSA) is 44.4 Å². The zero-order chi connectivity index (χ0) is 14.4. The summed E-state index contributed by atoms with van der Waals surface area (Å²) in [5.41, 5.74) is 2.01. The number of hydrogen-bond donors (Lipinski definition) is 2. The Bertz CT molecular complexity index is 565. The van der Waals surface area contributed by atoms with Gasteiger partial charge in [-0.05, 0) is 50.9 Å². The van der Waals surface area contributed by atoms with Gasteiger partial charge in [0.2, 0.25) is 5.91 Å². The molecule has 21 heavy (non-hydrogen) atoms. The van der Waals surface area contributed by atoms with E-state index in [0.717, 1.165) is 34.6 Å². The zero-order valence-corrected chi connectivity index (χ0v) is 13.5. The molecule has 1 atom stereocenters. The van der Waals surface area contributed by atoms with E-state index in [4.69, 9.17) is 0 Å². The molecule has 0 radical (unpaired) electrons. The van der Waals surface area contributed by atoms with Crippen LogP contribution in [0.1, 0.15) is 37.3 Å². The van der Waals surface area contributed by atoms with Gasteiger partial charge in [-0.15, -0.1) is 0 Å². The lowest BCUT2D eigenvalue weighted by atomic mass is 10.0. The molecule has 1 aromatic carbocycles. The second kappa shape index (κ2) is 5.38. The highest BCUT2D eigenvalue weighted by atomic mass is 79.9. The smallest absolute Gasteiger partial charge is 0.246 e. The summed E-state index contributed by atoms with van der Waals surface area (Å²) in [5, 5.41) is 6.54. The molecule has 1 aromatic rings. The van der Waals surface area contributed by atoms with E-state index < -0.39 is 0 Å². The second-order valence-electron chi connectivity index (χ2n) is 6.36. The SMILES string of the molecule is O=C1Nc2cc(Br)ccc2C1NC1CCN(C2CC2)CC1. The Morgan fingerprint density at radius 3 is 2.67 bits per heavy atom. The maximum absolute atomic E-state index is 12.2. The first-order chi connectivity index (χ1) is 10.2. The predicted octanol–water partition coefficient (Wildman–Crippen LogP) is 2.66. The molecule has 3 aliphatic rings. The fraction of sp³-hybridized carbons (Fsp3) is 0.562. The van der Waals surface area contributed by atoms with Crippen molar-refractivity contribution in [3.8, 4) is 0 Å². The van der Waals surface area contributed by atoms with Crippen LogP contribution in [0.4, 0.5) is 5.69 Å². The number of fused-ring (bicyclic) bond motifs is 1. The summed E-state index contributed by atoms with van der Waals surface area (Å²) in [4.78, 5) is 14.8. The van der Waals surface area contributed by atoms with E-state index >= 15 is 0 Å². The number of halogens is 1. The van der Waals surface area contributed by atoms with Gasteiger partial charge in [0.1, 0.15) is 6.04 Å². The number of carbonyl (C=O) groups is 1. The first kappa shape index (κ1) is 13.7. The first-order valence-corrected chi connectivity index (χ1v) is 8.60. The van der Waals surface area contributed by atoms with Crippen molar-refractivity contribution in [3.63, 3.8) is 0 Å². The van der Waals surface area contributed by atoms with Gasteiger partial charge in [-0.25, -0.2) is 0 Å². The van der Waals surface area contributed by atoms with Crippen LogP contribution in [-0.2, 0) is 4.79 Å². The molecule has 4 rings (SSSR count). The highest BCUT2D eigenvalue weighted by Gasteiger charge is 2.35. The van der Waals surface area contributed by atoms with Crippen LogP contribution in [0.15, 0.2) is 22.7 Å². The van der Waals surface area contributed by atoms with Crippen LogP contribution in [0.5, 0.6) is 0 Å². The average molecular weight is 350 g/mol. The van der Waals surface area contributed by atoms with Crippen LogP contribution in [0.2, 0.25) is 0 Å². The van der Waals surface area contributed by atoms with Gasteiger partial charge in [0.15, 0.2) is 0 Å². The lowest BCUT2D eigenvalue weighted by Crippen LogP contribution is -2.45. The van der Waals surface area contributed by atoms with E-state index in [1.165, 1.54) is 25.9 Å². The van der Waals surface area contributed by atoms with Crippen molar-refractivity contribution in [2.45, 2.75) is 43.8 Å². The Labute approximate surface area is 133 Å². The molecule has 2 heterocycles. The standard InChI is InChI=1S/C16H20BrN3O/c17-10-1-4-13-14(9-10)19-16(21)15(13)18-11-5-7-20(8-6-11)12-2-3-12/h1,4,9,11-12,15,18H,2-3,5-8H2,(H,19,21). The molecular weight excluding hydrogens is 330 g/mol. The third-order valence-electron chi connectivity index (χ3n) is 4.84. The molecule has 2 aliphatic heterocycles. The Morgan fingerprint density at radius 2 is 1.95 bits per heavy atom. The molecule has 2 N–H and O–H groups in total. The molecule has 112 valence electrons. The number of piperidine rings is 1. The van der Waals surface area contributed by atoms with Crippen LogP contribution in [0.25, 0.3) is 0 Å². The fourth-order valence-electron chi connectivity index (χ4n) is 3.51. The van der Waals surface area contributed by atoms with E-state index in [9.17, 15) is 4.79 Å². The number of nitrogens with zero attached hydrogens (tertiary/aromatic N) is 1. The van der Waals surface area contributed by atoms with Crippen molar-refractivity contribution in [3.05, 3.63) is 28.2 Å².